The van der Waals surface area contributed by atoms with E-state index in [-0.39, 0.29) is 5.69 Å². The third kappa shape index (κ3) is 3.98. The van der Waals surface area contributed by atoms with Crippen LogP contribution in [0, 0.1) is 18.3 Å². The first-order valence-corrected chi connectivity index (χ1v) is 9.46. The molecule has 0 spiro atoms. The minimum absolute atomic E-state index is 0.230. The monoisotopic (exact) mass is 419 g/mol. The molecule has 1 fully saturated rings. The number of carbonyl (C=O) groups is 1. The van der Waals surface area contributed by atoms with E-state index in [1.165, 1.54) is 0 Å². The van der Waals surface area contributed by atoms with Crippen LogP contribution in [0.1, 0.15) is 31.2 Å². The van der Waals surface area contributed by atoms with E-state index in [2.05, 4.69) is 16.0 Å². The molecule has 0 saturated carbocycles. The van der Waals surface area contributed by atoms with Crippen molar-refractivity contribution in [2.75, 3.05) is 18.0 Å². The van der Waals surface area contributed by atoms with E-state index in [0.717, 1.165) is 0 Å². The van der Waals surface area contributed by atoms with Gasteiger partial charge in [0.15, 0.2) is 5.69 Å². The maximum absolute atomic E-state index is 11.1. The van der Waals surface area contributed by atoms with Crippen LogP contribution in [0.25, 0.3) is 11.1 Å². The lowest BCUT2D eigenvalue weighted by atomic mass is 9.93. The average Bonchev–Trinajstić information content (AvgIpc) is 2.63. The smallest absolute Gasteiger partial charge is 0.405 e. The van der Waals surface area contributed by atoms with E-state index in [9.17, 15) is 10.1 Å². The summed E-state index contributed by atoms with van der Waals surface area (Å²) >= 11 is 12.4. The predicted molar refractivity (Wildman–Crippen MR) is 107 cm³/mol. The molecule has 1 aliphatic rings. The quantitative estimate of drug-likeness (QED) is 0.802. The van der Waals surface area contributed by atoms with Gasteiger partial charge in [-0.15, -0.1) is 0 Å². The van der Waals surface area contributed by atoms with Crippen LogP contribution in [0.15, 0.2) is 18.2 Å². The van der Waals surface area contributed by atoms with Crippen LogP contribution >= 0.6 is 23.2 Å². The van der Waals surface area contributed by atoms with E-state index in [4.69, 9.17) is 33.7 Å². The van der Waals surface area contributed by atoms with E-state index in [1.807, 2.05) is 18.7 Å². The number of primary amides is 1. The van der Waals surface area contributed by atoms with Crippen molar-refractivity contribution < 1.29 is 9.53 Å². The largest absolute Gasteiger partial charge is 0.443 e. The van der Waals surface area contributed by atoms with Crippen LogP contribution in [-0.4, -0.2) is 34.8 Å². The predicted octanol–water partition coefficient (Wildman–Crippen LogP) is 4.08. The fourth-order valence-corrected chi connectivity index (χ4v) is 3.72. The maximum atomic E-state index is 11.1. The third-order valence-electron chi connectivity index (χ3n) is 4.86. The number of hydrogen-bond donors (Lipinski definition) is 1. The fraction of sp³-hybridized carbons (Fsp3) is 0.368. The molecule has 0 atom stereocenters. The number of piperidine rings is 1. The van der Waals surface area contributed by atoms with Crippen LogP contribution in [0.4, 0.5) is 10.7 Å². The van der Waals surface area contributed by atoms with Gasteiger partial charge >= 0.3 is 6.09 Å². The summed E-state index contributed by atoms with van der Waals surface area (Å²) in [5.41, 5.74) is 6.59. The second-order valence-electron chi connectivity index (χ2n) is 6.90. The van der Waals surface area contributed by atoms with Crippen molar-refractivity contribution in [2.45, 2.75) is 32.3 Å². The van der Waals surface area contributed by atoms with Gasteiger partial charge in [-0.25, -0.2) is 14.8 Å². The molecule has 3 rings (SSSR count). The van der Waals surface area contributed by atoms with Gasteiger partial charge in [-0.2, -0.15) is 5.26 Å². The zero-order chi connectivity index (χ0) is 20.5. The summed E-state index contributed by atoms with van der Waals surface area (Å²) < 4.78 is 5.22. The molecule has 1 aliphatic heterocycles. The topological polar surface area (TPSA) is 105 Å². The molecular formula is C19H19Cl2N5O2. The van der Waals surface area contributed by atoms with E-state index >= 15 is 0 Å². The Morgan fingerprint density at radius 1 is 1.32 bits per heavy atom. The number of aromatic nitrogens is 2. The maximum Gasteiger partial charge on any atom is 0.405 e. The molecule has 2 N–H and O–H groups in total. The fourth-order valence-electron chi connectivity index (χ4n) is 3.32. The molecule has 146 valence electrons. The Morgan fingerprint density at radius 2 is 2.00 bits per heavy atom. The summed E-state index contributed by atoms with van der Waals surface area (Å²) in [5, 5.41) is 10.4. The number of ether oxygens (including phenoxy) is 1. The Kier molecular flexibility index (Phi) is 5.64. The highest BCUT2D eigenvalue weighted by Gasteiger charge is 2.34. The highest BCUT2D eigenvalue weighted by atomic mass is 35.5. The number of halogens is 2. The molecular weight excluding hydrogens is 401 g/mol. The zero-order valence-corrected chi connectivity index (χ0v) is 17.0. The Balaban J connectivity index is 1.92. The van der Waals surface area contributed by atoms with Gasteiger partial charge in [0.05, 0.1) is 15.7 Å². The van der Waals surface area contributed by atoms with Gasteiger partial charge in [0.2, 0.25) is 5.95 Å². The lowest BCUT2D eigenvalue weighted by Crippen LogP contribution is -2.46. The highest BCUT2D eigenvalue weighted by Crippen LogP contribution is 2.37. The molecule has 28 heavy (non-hydrogen) atoms. The van der Waals surface area contributed by atoms with Crippen molar-refractivity contribution in [3.05, 3.63) is 39.6 Å². The van der Waals surface area contributed by atoms with Gasteiger partial charge < -0.3 is 15.4 Å². The first-order valence-electron chi connectivity index (χ1n) is 8.70. The summed E-state index contributed by atoms with van der Waals surface area (Å²) in [6, 6.07) is 7.37. The molecule has 0 aliphatic carbocycles. The van der Waals surface area contributed by atoms with Crippen LogP contribution in [-0.2, 0) is 4.74 Å². The second-order valence-corrected chi connectivity index (χ2v) is 7.69. The number of benzene rings is 1. The lowest BCUT2D eigenvalue weighted by Gasteiger charge is -2.38. The molecule has 2 heterocycles. The van der Waals surface area contributed by atoms with Gasteiger partial charge in [-0.05, 0) is 19.9 Å². The van der Waals surface area contributed by atoms with Gasteiger partial charge in [0.1, 0.15) is 11.7 Å². The molecule has 1 saturated heterocycles. The number of carbonyl (C=O) groups excluding carboxylic acids is 1. The molecule has 0 unspecified atom stereocenters. The summed E-state index contributed by atoms with van der Waals surface area (Å²) in [5.74, 6) is 0.456. The Morgan fingerprint density at radius 3 is 2.61 bits per heavy atom. The molecule has 0 bridgehead atoms. The van der Waals surface area contributed by atoms with Crippen LogP contribution in [0.3, 0.4) is 0 Å². The van der Waals surface area contributed by atoms with Gasteiger partial charge in [0.25, 0.3) is 0 Å². The number of nitriles is 1. The van der Waals surface area contributed by atoms with Crippen molar-refractivity contribution in [3.63, 3.8) is 0 Å². The van der Waals surface area contributed by atoms with E-state index in [1.54, 1.807) is 18.2 Å². The molecule has 0 radical (unpaired) electrons. The minimum atomic E-state index is -0.780. The van der Waals surface area contributed by atoms with Gasteiger partial charge in [0, 0.05) is 37.1 Å². The van der Waals surface area contributed by atoms with E-state index in [0.29, 0.717) is 58.7 Å². The van der Waals surface area contributed by atoms with Crippen molar-refractivity contribution in [3.8, 4) is 17.2 Å². The van der Waals surface area contributed by atoms with Crippen LogP contribution in [0.2, 0.25) is 10.0 Å². The number of anilines is 1. The number of rotatable bonds is 3. The van der Waals surface area contributed by atoms with Crippen molar-refractivity contribution in [1.82, 2.24) is 9.97 Å². The number of hydrogen-bond acceptors (Lipinski definition) is 6. The summed E-state index contributed by atoms with van der Waals surface area (Å²) in [7, 11) is 0. The Labute approximate surface area is 173 Å². The molecule has 9 heteroatoms. The highest BCUT2D eigenvalue weighted by molar-refractivity contribution is 6.43. The van der Waals surface area contributed by atoms with Crippen molar-refractivity contribution in [1.29, 1.82) is 5.26 Å². The average molecular weight is 420 g/mol. The van der Waals surface area contributed by atoms with Crippen LogP contribution in [0.5, 0.6) is 0 Å². The van der Waals surface area contributed by atoms with Gasteiger partial charge in [-0.3, -0.25) is 0 Å². The lowest BCUT2D eigenvalue weighted by molar-refractivity contribution is 0.0125. The minimum Gasteiger partial charge on any atom is -0.443 e. The number of nitrogens with zero attached hydrogens (tertiary/aromatic N) is 4. The Bertz CT molecular complexity index is 966. The summed E-state index contributed by atoms with van der Waals surface area (Å²) in [6.07, 6.45) is 0.391. The second kappa shape index (κ2) is 7.82. The van der Waals surface area contributed by atoms with Crippen molar-refractivity contribution in [2.24, 2.45) is 5.73 Å². The SMILES string of the molecule is Cc1nc(N2CCC(C)(OC(N)=O)CC2)nc(C#N)c1-c1cccc(Cl)c1Cl. The molecule has 2 aromatic rings. The first-order chi connectivity index (χ1) is 13.2. The van der Waals surface area contributed by atoms with Crippen molar-refractivity contribution >= 4 is 35.2 Å². The standard InChI is InChI=1S/C19H19Cl2N5O2/c1-11-15(12-4-3-5-13(20)16(12)21)14(10-22)25-18(24-11)26-8-6-19(2,7-9-26)28-17(23)27/h3-5H,6-9H2,1-2H3,(H2,23,27). The zero-order valence-electron chi connectivity index (χ0n) is 15.5. The normalized spacial score (nSPS) is 15.8. The summed E-state index contributed by atoms with van der Waals surface area (Å²) in [4.78, 5) is 22.1. The molecule has 1 amide bonds. The Hall–Kier alpha value is -2.56. The number of aryl methyl sites for hydroxylation is 1. The van der Waals surface area contributed by atoms with Gasteiger partial charge in [-0.1, -0.05) is 35.3 Å². The first kappa shape index (κ1) is 20.2. The number of amides is 1. The third-order valence-corrected chi connectivity index (χ3v) is 5.67. The molecule has 7 nitrogen and oxygen atoms in total. The van der Waals surface area contributed by atoms with E-state index < -0.39 is 11.7 Å². The molecule has 1 aromatic heterocycles. The number of nitrogens with two attached hydrogens (primary N) is 1. The van der Waals surface area contributed by atoms with Crippen LogP contribution < -0.4 is 10.6 Å². The molecule has 1 aromatic carbocycles. The summed E-state index contributed by atoms with van der Waals surface area (Å²) in [6.45, 7) is 4.81.